The molecule has 0 aromatic heterocycles. The molecule has 1 aromatic rings. The highest BCUT2D eigenvalue weighted by atomic mass is 31.2. The monoisotopic (exact) mass is 584 g/mol. The Labute approximate surface area is 241 Å². The van der Waals surface area contributed by atoms with Crippen LogP contribution in [0.4, 0.5) is 0 Å². The van der Waals surface area contributed by atoms with Crippen molar-refractivity contribution in [3.8, 4) is 0 Å². The molecule has 6 heteroatoms. The van der Waals surface area contributed by atoms with Gasteiger partial charge in [-0.05, 0) is 65.8 Å². The molecule has 1 unspecified atom stereocenters. The van der Waals surface area contributed by atoms with Crippen molar-refractivity contribution in [3.05, 3.63) is 77.2 Å². The summed E-state index contributed by atoms with van der Waals surface area (Å²) < 4.78 is 28.9. The largest absolute Gasteiger partial charge is 0.413 e. The van der Waals surface area contributed by atoms with E-state index in [2.05, 4.69) is 99.5 Å². The number of hydrogen-bond donors (Lipinski definition) is 0. The van der Waals surface area contributed by atoms with Gasteiger partial charge in [-0.1, -0.05) is 104 Å². The molecule has 1 saturated carbocycles. The van der Waals surface area contributed by atoms with Crippen LogP contribution in [0.5, 0.6) is 0 Å². The fourth-order valence-electron chi connectivity index (χ4n) is 5.00. The van der Waals surface area contributed by atoms with Gasteiger partial charge in [0, 0.05) is 23.2 Å². The van der Waals surface area contributed by atoms with Gasteiger partial charge in [-0.25, -0.2) is 0 Å². The Morgan fingerprint density at radius 1 is 0.923 bits per heavy atom. The van der Waals surface area contributed by atoms with Gasteiger partial charge in [-0.15, -0.1) is 0 Å². The molecule has 2 aliphatic carbocycles. The summed E-state index contributed by atoms with van der Waals surface area (Å²) in [6.45, 7) is 29.8. The van der Waals surface area contributed by atoms with Crippen molar-refractivity contribution in [1.82, 2.24) is 0 Å². The lowest BCUT2D eigenvalue weighted by molar-refractivity contribution is 0.0966. The molecular formula is C33H53O3PSi2. The number of hydrogen-bond acceptors (Lipinski definition) is 3. The van der Waals surface area contributed by atoms with E-state index in [0.717, 1.165) is 35.5 Å². The number of allylic oxidation sites excluding steroid dienone is 5. The summed E-state index contributed by atoms with van der Waals surface area (Å²) in [4.78, 5) is 0. The van der Waals surface area contributed by atoms with Crippen LogP contribution >= 0.6 is 7.14 Å². The van der Waals surface area contributed by atoms with E-state index in [1.165, 1.54) is 11.1 Å². The van der Waals surface area contributed by atoms with Gasteiger partial charge < -0.3 is 13.4 Å². The molecule has 0 spiro atoms. The van der Waals surface area contributed by atoms with Crippen molar-refractivity contribution >= 4 is 29.1 Å². The number of rotatable bonds is 7. The van der Waals surface area contributed by atoms with Crippen LogP contribution in [-0.2, 0) is 13.4 Å². The second-order valence-electron chi connectivity index (χ2n) is 14.4. The average Bonchev–Trinajstić information content (AvgIpc) is 2.84. The molecule has 216 valence electrons. The molecule has 1 aromatic carbocycles. The van der Waals surface area contributed by atoms with E-state index in [1.54, 1.807) is 0 Å². The first-order valence-corrected chi connectivity index (χ1v) is 22.3. The lowest BCUT2D eigenvalue weighted by Crippen LogP contribution is -2.49. The minimum atomic E-state index is -2.81. The van der Waals surface area contributed by atoms with Gasteiger partial charge >= 0.3 is 0 Å². The van der Waals surface area contributed by atoms with Gasteiger partial charge in [-0.2, -0.15) is 0 Å². The summed E-state index contributed by atoms with van der Waals surface area (Å²) in [7, 11) is -6.88. The predicted octanol–water partition coefficient (Wildman–Crippen LogP) is 9.97. The molecule has 3 nitrogen and oxygen atoms in total. The molecular weight excluding hydrogens is 532 g/mol. The van der Waals surface area contributed by atoms with Crippen molar-refractivity contribution in [2.45, 2.75) is 116 Å². The maximum atomic E-state index is 14.8. The van der Waals surface area contributed by atoms with Crippen molar-refractivity contribution < 1.29 is 13.4 Å². The second kappa shape index (κ2) is 11.6. The minimum absolute atomic E-state index is 0.0542. The summed E-state index contributed by atoms with van der Waals surface area (Å²) in [6.07, 6.45) is 9.29. The Balaban J connectivity index is 2.15. The average molecular weight is 585 g/mol. The fourth-order valence-corrected chi connectivity index (χ4v) is 10.3. The molecule has 2 aliphatic rings. The Morgan fingerprint density at radius 2 is 1.49 bits per heavy atom. The molecule has 39 heavy (non-hydrogen) atoms. The second-order valence-corrected chi connectivity index (χ2v) is 27.0. The first kappa shape index (κ1) is 32.3. The highest BCUT2D eigenvalue weighted by molar-refractivity contribution is 7.75. The molecule has 0 heterocycles. The van der Waals surface area contributed by atoms with Gasteiger partial charge in [0.15, 0.2) is 16.6 Å². The normalized spacial score (nSPS) is 24.9. The van der Waals surface area contributed by atoms with Gasteiger partial charge in [0.25, 0.3) is 0 Å². The summed E-state index contributed by atoms with van der Waals surface area (Å²) in [5.41, 5.74) is 3.43. The van der Waals surface area contributed by atoms with Crippen molar-refractivity contribution in [3.63, 3.8) is 0 Å². The van der Waals surface area contributed by atoms with Crippen LogP contribution in [0.15, 0.2) is 77.2 Å². The molecule has 0 amide bonds. The fraction of sp³-hybridized carbons (Fsp3) is 0.576. The van der Waals surface area contributed by atoms with Gasteiger partial charge in [0.2, 0.25) is 0 Å². The molecule has 3 atom stereocenters. The number of benzene rings is 1. The minimum Gasteiger partial charge on any atom is -0.413 e. The summed E-state index contributed by atoms with van der Waals surface area (Å²) in [5, 5.41) is 2.12. The molecule has 3 rings (SSSR count). The maximum absolute atomic E-state index is 14.8. The topological polar surface area (TPSA) is 35.5 Å². The SMILES string of the molecule is C=C1/C(=C2/CC=CC=C2P(=O)(CC)c2ccccc2)C[C@@H](O[Si](C)(C)C(C)(C)C)C[C@@H]1O[Si](C)(C)C(C)(C)C. The van der Waals surface area contributed by atoms with E-state index in [-0.39, 0.29) is 22.3 Å². The van der Waals surface area contributed by atoms with Crippen molar-refractivity contribution in [2.24, 2.45) is 0 Å². The molecule has 0 bridgehead atoms. The maximum Gasteiger partial charge on any atom is 0.192 e. The quantitative estimate of drug-likeness (QED) is 0.236. The van der Waals surface area contributed by atoms with E-state index >= 15 is 0 Å². The van der Waals surface area contributed by atoms with Gasteiger partial charge in [0.1, 0.15) is 7.14 Å². The van der Waals surface area contributed by atoms with Crippen LogP contribution in [0, 0.1) is 0 Å². The van der Waals surface area contributed by atoms with E-state index < -0.39 is 23.8 Å². The van der Waals surface area contributed by atoms with Crippen molar-refractivity contribution in [2.75, 3.05) is 6.16 Å². The zero-order valence-corrected chi connectivity index (χ0v) is 29.4. The predicted molar refractivity (Wildman–Crippen MR) is 176 cm³/mol. The zero-order chi connectivity index (χ0) is 29.4. The van der Waals surface area contributed by atoms with Crippen LogP contribution in [0.2, 0.25) is 36.3 Å². The van der Waals surface area contributed by atoms with Gasteiger partial charge in [0.05, 0.1) is 12.2 Å². The molecule has 0 saturated heterocycles. The van der Waals surface area contributed by atoms with Crippen LogP contribution in [-0.4, -0.2) is 35.0 Å². The third-order valence-electron chi connectivity index (χ3n) is 9.59. The molecule has 1 fully saturated rings. The molecule has 0 radical (unpaired) electrons. The van der Waals surface area contributed by atoms with E-state index in [4.69, 9.17) is 8.85 Å². The Bertz CT molecular complexity index is 1190. The van der Waals surface area contributed by atoms with E-state index in [0.29, 0.717) is 6.16 Å². The smallest absolute Gasteiger partial charge is 0.192 e. The third kappa shape index (κ3) is 6.81. The van der Waals surface area contributed by atoms with Crippen LogP contribution in [0.1, 0.15) is 67.7 Å². The first-order chi connectivity index (χ1) is 17.8. The molecule has 0 N–H and O–H groups in total. The van der Waals surface area contributed by atoms with Gasteiger partial charge in [-0.3, -0.25) is 0 Å². The van der Waals surface area contributed by atoms with Crippen LogP contribution in [0.25, 0.3) is 0 Å². The van der Waals surface area contributed by atoms with Crippen LogP contribution < -0.4 is 5.30 Å². The zero-order valence-electron chi connectivity index (χ0n) is 26.5. The first-order valence-electron chi connectivity index (χ1n) is 14.6. The summed E-state index contributed by atoms with van der Waals surface area (Å²) >= 11 is 0. The highest BCUT2D eigenvalue weighted by Gasteiger charge is 2.45. The molecule has 0 aliphatic heterocycles. The van der Waals surface area contributed by atoms with E-state index in [9.17, 15) is 4.57 Å². The summed E-state index contributed by atoms with van der Waals surface area (Å²) in [6, 6.07) is 10.0. The highest BCUT2D eigenvalue weighted by Crippen LogP contribution is 2.58. The lowest BCUT2D eigenvalue weighted by atomic mass is 9.82. The van der Waals surface area contributed by atoms with Crippen molar-refractivity contribution in [1.29, 1.82) is 0 Å². The Morgan fingerprint density at radius 3 is 2.03 bits per heavy atom. The third-order valence-corrected chi connectivity index (χ3v) is 21.8. The standard InChI is InChI=1S/C33H53O3PSi2/c1-13-37(34,27-19-15-14-16-20-27)31-22-18-17-21-28(31)29-23-26(35-38(9,10)32(3,4)5)24-30(25(29)2)36-39(11,12)33(6,7)8/h14-20,22,26,30H,2,13,21,23-24H2,1,3-12H3/b29-28-/t26-,30+,37?/m1/s1. The summed E-state index contributed by atoms with van der Waals surface area (Å²) in [5.74, 6) is 0. The van der Waals surface area contributed by atoms with Crippen LogP contribution in [0.3, 0.4) is 0 Å². The Hall–Kier alpha value is -1.24. The Kier molecular flexibility index (Phi) is 9.57. The van der Waals surface area contributed by atoms with E-state index in [1.807, 2.05) is 30.3 Å². The lowest BCUT2D eigenvalue weighted by Gasteiger charge is -2.46.